The molecule has 6 nitrogen and oxygen atoms in total. The molecule has 1 aromatic heterocycles. The highest BCUT2D eigenvalue weighted by molar-refractivity contribution is 5.90. The first-order valence-electron chi connectivity index (χ1n) is 7.11. The second-order valence-electron chi connectivity index (χ2n) is 5.34. The summed E-state index contributed by atoms with van der Waals surface area (Å²) in [6, 6.07) is 0.153. The van der Waals surface area contributed by atoms with E-state index >= 15 is 0 Å². The van der Waals surface area contributed by atoms with Crippen molar-refractivity contribution in [3.05, 3.63) is 17.5 Å². The molecule has 1 aliphatic heterocycles. The predicted octanol–water partition coefficient (Wildman–Crippen LogP) is 0.800. The van der Waals surface area contributed by atoms with Crippen LogP contribution in [0, 0.1) is 5.92 Å². The van der Waals surface area contributed by atoms with Gasteiger partial charge in [-0.05, 0) is 25.8 Å². The zero-order chi connectivity index (χ0) is 14.7. The van der Waals surface area contributed by atoms with Crippen LogP contribution < -0.4 is 0 Å². The first kappa shape index (κ1) is 15.0. The minimum Gasteiger partial charge on any atom is -0.462 e. The fourth-order valence-electron chi connectivity index (χ4n) is 2.80. The zero-order valence-electron chi connectivity index (χ0n) is 12.4. The van der Waals surface area contributed by atoms with E-state index in [0.717, 1.165) is 18.7 Å². The summed E-state index contributed by atoms with van der Waals surface area (Å²) in [5.74, 6) is 0.141. The Balaban J connectivity index is 2.17. The standard InChI is InChI=1S/C14H23N3O3/c1-4-20-14(19)11-7-15-16(3)12(11)8-17-6-5-10(2)13(17)9-18/h7,10,13,18H,4-6,8-9H2,1-3H3. The van der Waals surface area contributed by atoms with Crippen molar-refractivity contribution in [1.29, 1.82) is 0 Å². The Morgan fingerprint density at radius 1 is 1.60 bits per heavy atom. The van der Waals surface area contributed by atoms with Crippen molar-refractivity contribution in [3.8, 4) is 0 Å². The van der Waals surface area contributed by atoms with Crippen LogP contribution in [0.15, 0.2) is 6.20 Å². The third-order valence-electron chi connectivity index (χ3n) is 4.09. The van der Waals surface area contributed by atoms with Gasteiger partial charge in [-0.2, -0.15) is 5.10 Å². The fraction of sp³-hybridized carbons (Fsp3) is 0.714. The molecule has 2 atom stereocenters. The summed E-state index contributed by atoms with van der Waals surface area (Å²) in [6.07, 6.45) is 2.62. The molecule has 6 heteroatoms. The van der Waals surface area contributed by atoms with Crippen molar-refractivity contribution in [2.24, 2.45) is 13.0 Å². The third kappa shape index (κ3) is 2.86. The number of aliphatic hydroxyl groups is 1. The smallest absolute Gasteiger partial charge is 0.341 e. The van der Waals surface area contributed by atoms with E-state index in [2.05, 4.69) is 16.9 Å². The molecule has 1 fully saturated rings. The van der Waals surface area contributed by atoms with Gasteiger partial charge >= 0.3 is 5.97 Å². The summed E-state index contributed by atoms with van der Waals surface area (Å²) in [5, 5.41) is 13.7. The summed E-state index contributed by atoms with van der Waals surface area (Å²) < 4.78 is 6.77. The van der Waals surface area contributed by atoms with E-state index in [1.54, 1.807) is 17.8 Å². The molecule has 0 saturated carbocycles. The Labute approximate surface area is 119 Å². The number of aromatic nitrogens is 2. The summed E-state index contributed by atoms with van der Waals surface area (Å²) in [4.78, 5) is 14.1. The lowest BCUT2D eigenvalue weighted by atomic mass is 10.0. The van der Waals surface area contributed by atoms with Gasteiger partial charge in [0.2, 0.25) is 0 Å². The normalized spacial score (nSPS) is 23.2. The van der Waals surface area contributed by atoms with E-state index in [1.165, 1.54) is 0 Å². The lowest BCUT2D eigenvalue weighted by molar-refractivity contribution is 0.0522. The average molecular weight is 281 g/mol. The van der Waals surface area contributed by atoms with E-state index in [-0.39, 0.29) is 18.6 Å². The van der Waals surface area contributed by atoms with Crippen LogP contribution in [0.4, 0.5) is 0 Å². The molecular formula is C14H23N3O3. The second-order valence-corrected chi connectivity index (χ2v) is 5.34. The molecule has 112 valence electrons. The molecule has 0 spiro atoms. The number of hydrogen-bond acceptors (Lipinski definition) is 5. The maximum atomic E-state index is 11.9. The van der Waals surface area contributed by atoms with Crippen molar-refractivity contribution in [3.63, 3.8) is 0 Å². The van der Waals surface area contributed by atoms with Crippen LogP contribution in [0.3, 0.4) is 0 Å². The number of aryl methyl sites for hydroxylation is 1. The van der Waals surface area contributed by atoms with Crippen LogP contribution in [-0.2, 0) is 18.3 Å². The summed E-state index contributed by atoms with van der Waals surface area (Å²) in [7, 11) is 1.82. The Morgan fingerprint density at radius 2 is 2.35 bits per heavy atom. The highest BCUT2D eigenvalue weighted by Gasteiger charge is 2.32. The van der Waals surface area contributed by atoms with Crippen molar-refractivity contribution < 1.29 is 14.6 Å². The Hall–Kier alpha value is -1.40. The van der Waals surface area contributed by atoms with Crippen LogP contribution in [0.2, 0.25) is 0 Å². The predicted molar refractivity (Wildman–Crippen MR) is 74.2 cm³/mol. The molecule has 1 N–H and O–H groups in total. The van der Waals surface area contributed by atoms with Crippen LogP contribution in [0.25, 0.3) is 0 Å². The quantitative estimate of drug-likeness (QED) is 0.809. The summed E-state index contributed by atoms with van der Waals surface area (Å²) >= 11 is 0. The van der Waals surface area contributed by atoms with Gasteiger partial charge in [0.25, 0.3) is 0 Å². The largest absolute Gasteiger partial charge is 0.462 e. The van der Waals surface area contributed by atoms with Gasteiger partial charge in [0.15, 0.2) is 0 Å². The van der Waals surface area contributed by atoms with Gasteiger partial charge < -0.3 is 9.84 Å². The van der Waals surface area contributed by atoms with Gasteiger partial charge in [0, 0.05) is 19.6 Å². The molecular weight excluding hydrogens is 258 g/mol. The second kappa shape index (κ2) is 6.37. The first-order chi connectivity index (χ1) is 9.58. The number of ether oxygens (including phenoxy) is 1. The van der Waals surface area contributed by atoms with E-state index in [9.17, 15) is 9.90 Å². The molecule has 0 aliphatic carbocycles. The molecule has 2 rings (SSSR count). The number of rotatable bonds is 5. The number of carbonyl (C=O) groups is 1. The molecule has 20 heavy (non-hydrogen) atoms. The molecule has 1 aliphatic rings. The van der Waals surface area contributed by atoms with Crippen molar-refractivity contribution >= 4 is 5.97 Å². The van der Waals surface area contributed by atoms with E-state index in [4.69, 9.17) is 4.74 Å². The first-order valence-corrected chi connectivity index (χ1v) is 7.11. The number of esters is 1. The minimum absolute atomic E-state index is 0.147. The van der Waals surface area contributed by atoms with E-state index < -0.39 is 0 Å². The van der Waals surface area contributed by atoms with Gasteiger partial charge in [0.05, 0.1) is 25.1 Å². The van der Waals surface area contributed by atoms with Crippen LogP contribution >= 0.6 is 0 Å². The zero-order valence-corrected chi connectivity index (χ0v) is 12.4. The lowest BCUT2D eigenvalue weighted by Gasteiger charge is -2.25. The monoisotopic (exact) mass is 281 g/mol. The number of hydrogen-bond donors (Lipinski definition) is 1. The number of aliphatic hydroxyl groups excluding tert-OH is 1. The molecule has 0 bridgehead atoms. The van der Waals surface area contributed by atoms with Gasteiger partial charge in [-0.1, -0.05) is 6.92 Å². The van der Waals surface area contributed by atoms with Crippen molar-refractivity contribution in [2.75, 3.05) is 19.8 Å². The molecule has 1 aromatic rings. The highest BCUT2D eigenvalue weighted by Crippen LogP contribution is 2.26. The van der Waals surface area contributed by atoms with Crippen molar-refractivity contribution in [2.45, 2.75) is 32.9 Å². The third-order valence-corrected chi connectivity index (χ3v) is 4.09. The summed E-state index contributed by atoms with van der Waals surface area (Å²) in [5.41, 5.74) is 1.36. The Bertz CT molecular complexity index is 472. The van der Waals surface area contributed by atoms with Crippen LogP contribution in [-0.4, -0.2) is 51.6 Å². The number of likely N-dealkylation sites (tertiary alicyclic amines) is 1. The number of carbonyl (C=O) groups excluding carboxylic acids is 1. The molecule has 0 aromatic carbocycles. The fourth-order valence-corrected chi connectivity index (χ4v) is 2.80. The Kier molecular flexibility index (Phi) is 4.77. The SMILES string of the molecule is CCOC(=O)c1cnn(C)c1CN1CCC(C)C1CO. The molecule has 2 unspecified atom stereocenters. The van der Waals surface area contributed by atoms with Crippen LogP contribution in [0.5, 0.6) is 0 Å². The van der Waals surface area contributed by atoms with Gasteiger partial charge in [0.1, 0.15) is 5.56 Å². The average Bonchev–Trinajstić information content (AvgIpc) is 2.95. The van der Waals surface area contributed by atoms with Crippen molar-refractivity contribution in [1.82, 2.24) is 14.7 Å². The van der Waals surface area contributed by atoms with Gasteiger partial charge in [-0.3, -0.25) is 9.58 Å². The maximum absolute atomic E-state index is 11.9. The Morgan fingerprint density at radius 3 is 3.00 bits per heavy atom. The topological polar surface area (TPSA) is 67.6 Å². The maximum Gasteiger partial charge on any atom is 0.341 e. The lowest BCUT2D eigenvalue weighted by Crippen LogP contribution is -2.35. The van der Waals surface area contributed by atoms with E-state index in [0.29, 0.717) is 24.6 Å². The van der Waals surface area contributed by atoms with Crippen LogP contribution in [0.1, 0.15) is 36.3 Å². The minimum atomic E-state index is -0.330. The van der Waals surface area contributed by atoms with E-state index in [1.807, 2.05) is 7.05 Å². The molecule has 0 amide bonds. The van der Waals surface area contributed by atoms with Gasteiger partial charge in [-0.25, -0.2) is 4.79 Å². The summed E-state index contributed by atoms with van der Waals surface area (Å²) in [6.45, 7) is 5.98. The molecule has 2 heterocycles. The molecule has 1 saturated heterocycles. The number of nitrogens with zero attached hydrogens (tertiary/aromatic N) is 3. The highest BCUT2D eigenvalue weighted by atomic mass is 16.5. The molecule has 0 radical (unpaired) electrons. The van der Waals surface area contributed by atoms with Gasteiger partial charge in [-0.15, -0.1) is 0 Å².